The molecule has 0 aliphatic rings. The van der Waals surface area contributed by atoms with Gasteiger partial charge in [0.1, 0.15) is 6.61 Å². The highest BCUT2D eigenvalue weighted by molar-refractivity contribution is 7.85. The van der Waals surface area contributed by atoms with E-state index >= 15 is 0 Å². The van der Waals surface area contributed by atoms with E-state index < -0.39 is 10.8 Å². The van der Waals surface area contributed by atoms with Crippen molar-refractivity contribution < 1.29 is 9.05 Å². The first-order valence-electron chi connectivity index (χ1n) is 13.5. The van der Waals surface area contributed by atoms with Crippen molar-refractivity contribution in [3.05, 3.63) is 77.2 Å². The third-order valence-electron chi connectivity index (χ3n) is 6.63. The van der Waals surface area contributed by atoms with Gasteiger partial charge >= 0.3 is 0 Å². The first-order valence-corrected chi connectivity index (χ1v) is 14.8. The molecule has 36 heavy (non-hydrogen) atoms. The van der Waals surface area contributed by atoms with Gasteiger partial charge in [0.25, 0.3) is 0 Å². The summed E-state index contributed by atoms with van der Waals surface area (Å²) >= 11 is 0. The molecule has 3 aromatic rings. The predicted molar refractivity (Wildman–Crippen MR) is 152 cm³/mol. The maximum Gasteiger partial charge on any atom is 0.197 e. The van der Waals surface area contributed by atoms with E-state index in [4.69, 9.17) is 4.84 Å². The third-order valence-corrected chi connectivity index (χ3v) is 8.07. The average Bonchev–Trinajstić information content (AvgIpc) is 2.90. The maximum absolute atomic E-state index is 13.5. The summed E-state index contributed by atoms with van der Waals surface area (Å²) in [4.78, 5) is 20.0. The first kappa shape index (κ1) is 27.9. The zero-order chi connectivity index (χ0) is 25.8. The van der Waals surface area contributed by atoms with Crippen LogP contribution in [-0.2, 0) is 10.8 Å². The van der Waals surface area contributed by atoms with Crippen LogP contribution in [0.25, 0.3) is 22.3 Å². The molecular formula is C31H41NO3S. The molecule has 2 unspecified atom stereocenters. The molecule has 2 aromatic carbocycles. The Hall–Kier alpha value is -2.66. The van der Waals surface area contributed by atoms with Crippen molar-refractivity contribution in [1.29, 1.82) is 0 Å². The van der Waals surface area contributed by atoms with Gasteiger partial charge in [-0.1, -0.05) is 94.8 Å². The van der Waals surface area contributed by atoms with Crippen LogP contribution in [0, 0.1) is 5.92 Å². The number of rotatable bonds is 15. The van der Waals surface area contributed by atoms with Gasteiger partial charge in [-0.3, -0.25) is 9.00 Å². The van der Waals surface area contributed by atoms with Crippen LogP contribution in [0.5, 0.6) is 0 Å². The zero-order valence-corrected chi connectivity index (χ0v) is 22.9. The molecule has 0 aliphatic heterocycles. The molecule has 0 fully saturated rings. The lowest BCUT2D eigenvalue weighted by Crippen LogP contribution is -2.18. The molecule has 0 spiro atoms. The zero-order valence-electron chi connectivity index (χ0n) is 22.1. The summed E-state index contributed by atoms with van der Waals surface area (Å²) < 4.78 is 14.8. The predicted octanol–water partition coefficient (Wildman–Crippen LogP) is 7.52. The molecule has 4 nitrogen and oxygen atoms in total. The van der Waals surface area contributed by atoms with Crippen LogP contribution in [-0.4, -0.2) is 21.3 Å². The Morgan fingerprint density at radius 1 is 0.806 bits per heavy atom. The summed E-state index contributed by atoms with van der Waals surface area (Å²) in [6.07, 6.45) is 13.2. The minimum Gasteiger partial charge on any atom is -0.415 e. The average molecular weight is 508 g/mol. The van der Waals surface area contributed by atoms with E-state index in [0.29, 0.717) is 23.5 Å². The number of hydrogen-bond acceptors (Lipinski definition) is 3. The summed E-state index contributed by atoms with van der Waals surface area (Å²) in [5.41, 5.74) is 2.67. The number of benzene rings is 2. The van der Waals surface area contributed by atoms with Gasteiger partial charge in [0, 0.05) is 21.8 Å². The Morgan fingerprint density at radius 2 is 1.50 bits per heavy atom. The maximum atomic E-state index is 13.5. The lowest BCUT2D eigenvalue weighted by molar-refractivity contribution is 0.121. The Bertz CT molecular complexity index is 1160. The quantitative estimate of drug-likeness (QED) is 0.200. The summed E-state index contributed by atoms with van der Waals surface area (Å²) in [6, 6.07) is 17.3. The van der Waals surface area contributed by atoms with Gasteiger partial charge in [0.2, 0.25) is 0 Å². The van der Waals surface area contributed by atoms with E-state index in [2.05, 4.69) is 13.8 Å². The van der Waals surface area contributed by atoms with Gasteiger partial charge in [0.05, 0.1) is 23.2 Å². The monoisotopic (exact) mass is 507 g/mol. The molecule has 194 valence electrons. The molecule has 0 saturated carbocycles. The van der Waals surface area contributed by atoms with Gasteiger partial charge in [-0.05, 0) is 48.9 Å². The Kier molecular flexibility index (Phi) is 11.5. The minimum atomic E-state index is -1.09. The molecule has 1 aromatic heterocycles. The molecule has 0 amide bonds. The fourth-order valence-corrected chi connectivity index (χ4v) is 5.91. The molecule has 0 saturated heterocycles. The van der Waals surface area contributed by atoms with Gasteiger partial charge < -0.3 is 4.84 Å². The molecule has 0 aliphatic carbocycles. The van der Waals surface area contributed by atoms with E-state index in [-0.39, 0.29) is 5.43 Å². The molecule has 3 rings (SSSR count). The van der Waals surface area contributed by atoms with Gasteiger partial charge in [0.15, 0.2) is 5.43 Å². The fraction of sp³-hybridized carbons (Fsp3) is 0.452. The van der Waals surface area contributed by atoms with Crippen molar-refractivity contribution in [2.45, 2.75) is 77.0 Å². The van der Waals surface area contributed by atoms with E-state index in [9.17, 15) is 9.00 Å². The van der Waals surface area contributed by atoms with Gasteiger partial charge in [-0.25, -0.2) is 0 Å². The molecule has 0 radical (unpaired) electrons. The van der Waals surface area contributed by atoms with Gasteiger partial charge in [-0.15, -0.1) is 0 Å². The van der Waals surface area contributed by atoms with Crippen LogP contribution >= 0.6 is 0 Å². The van der Waals surface area contributed by atoms with E-state index in [1.807, 2.05) is 61.5 Å². The lowest BCUT2D eigenvalue weighted by Gasteiger charge is -2.16. The highest BCUT2D eigenvalue weighted by Gasteiger charge is 2.15. The lowest BCUT2D eigenvalue weighted by atomic mass is 9.92. The topological polar surface area (TPSA) is 48.3 Å². The Labute approximate surface area is 219 Å². The third kappa shape index (κ3) is 7.92. The molecular weight excluding hydrogens is 466 g/mol. The normalized spacial score (nSPS) is 12.9. The minimum absolute atomic E-state index is 0.0606. The summed E-state index contributed by atoms with van der Waals surface area (Å²) in [5.74, 6) is 1.40. The number of hydrogen-bond donors (Lipinski definition) is 0. The van der Waals surface area contributed by atoms with Crippen molar-refractivity contribution in [3.8, 4) is 22.3 Å². The summed E-state index contributed by atoms with van der Waals surface area (Å²) in [7, 11) is -1.09. The first-order chi connectivity index (χ1) is 17.6. The molecule has 5 heteroatoms. The SMILES string of the molecule is CCCCCC(CCC)CCCS(=O)c1cccc(-c2cn(OCC)cc(-c3ccccc3)c2=O)c1. The van der Waals surface area contributed by atoms with Crippen LogP contribution < -0.4 is 10.3 Å². The highest BCUT2D eigenvalue weighted by Crippen LogP contribution is 2.25. The van der Waals surface area contributed by atoms with Gasteiger partial charge in [-0.2, -0.15) is 4.73 Å². The number of aromatic nitrogens is 1. The second-order valence-corrected chi connectivity index (χ2v) is 11.0. The second-order valence-electron chi connectivity index (χ2n) is 9.43. The molecule has 1 heterocycles. The number of pyridine rings is 1. The standard InChI is InChI=1S/C31H41NO3S/c1-4-7-9-15-25(14-5-2)16-13-21-36(34)28-20-12-19-27(22-28)30-24-32(35-6-3)23-29(31(30)33)26-17-10-8-11-18-26/h8,10-12,17-20,22-25H,4-7,9,13-16,21H2,1-3H3. The smallest absolute Gasteiger partial charge is 0.197 e. The van der Waals surface area contributed by atoms with Crippen molar-refractivity contribution in [1.82, 2.24) is 4.73 Å². The summed E-state index contributed by atoms with van der Waals surface area (Å²) in [6.45, 7) is 6.90. The van der Waals surface area contributed by atoms with Crippen molar-refractivity contribution in [2.24, 2.45) is 5.92 Å². The Balaban J connectivity index is 1.78. The van der Waals surface area contributed by atoms with Crippen LogP contribution in [0.2, 0.25) is 0 Å². The van der Waals surface area contributed by atoms with Crippen LogP contribution in [0.1, 0.15) is 72.1 Å². The highest BCUT2D eigenvalue weighted by atomic mass is 32.2. The molecule has 2 atom stereocenters. The van der Waals surface area contributed by atoms with Crippen molar-refractivity contribution in [3.63, 3.8) is 0 Å². The van der Waals surface area contributed by atoms with Crippen LogP contribution in [0.15, 0.2) is 76.7 Å². The number of unbranched alkanes of at least 4 members (excludes halogenated alkanes) is 2. The largest absolute Gasteiger partial charge is 0.415 e. The van der Waals surface area contributed by atoms with Crippen molar-refractivity contribution in [2.75, 3.05) is 12.4 Å². The Morgan fingerprint density at radius 3 is 2.19 bits per heavy atom. The van der Waals surface area contributed by atoms with Crippen molar-refractivity contribution >= 4 is 10.8 Å². The molecule has 0 bridgehead atoms. The second kappa shape index (κ2) is 14.8. The fourth-order valence-electron chi connectivity index (χ4n) is 4.76. The number of nitrogens with zero attached hydrogens (tertiary/aromatic N) is 1. The van der Waals surface area contributed by atoms with Crippen LogP contribution in [0.4, 0.5) is 0 Å². The van der Waals surface area contributed by atoms with E-state index in [1.165, 1.54) is 38.5 Å². The van der Waals surface area contributed by atoms with E-state index in [0.717, 1.165) is 34.8 Å². The molecule has 0 N–H and O–H groups in total. The van der Waals surface area contributed by atoms with Crippen LogP contribution in [0.3, 0.4) is 0 Å². The summed E-state index contributed by atoms with van der Waals surface area (Å²) in [5, 5.41) is 0. The van der Waals surface area contributed by atoms with E-state index in [1.54, 1.807) is 17.1 Å².